The fraction of sp³-hybridized carbons (Fsp3) is 0.556. The van der Waals surface area contributed by atoms with Gasteiger partial charge in [-0.25, -0.2) is 0 Å². The second kappa shape index (κ2) is 12.2. The van der Waals surface area contributed by atoms with E-state index in [9.17, 15) is 5.11 Å². The highest BCUT2D eigenvalue weighted by Crippen LogP contribution is 2.32. The molecule has 0 amide bonds. The third-order valence-electron chi connectivity index (χ3n) is 6.40. The molecule has 2 atom stereocenters. The van der Waals surface area contributed by atoms with Crippen molar-refractivity contribution in [3.05, 3.63) is 65.2 Å². The van der Waals surface area contributed by atoms with E-state index in [0.717, 1.165) is 24.2 Å². The Morgan fingerprint density at radius 1 is 0.935 bits per heavy atom. The predicted octanol–water partition coefficient (Wildman–Crippen LogP) is 5.58. The van der Waals surface area contributed by atoms with Gasteiger partial charge in [0.2, 0.25) is 0 Å². The summed E-state index contributed by atoms with van der Waals surface area (Å²) in [6.45, 7) is 2.93. The molecule has 31 heavy (non-hydrogen) atoms. The molecular formula is C27H39NO3. The van der Waals surface area contributed by atoms with Crippen molar-refractivity contribution in [2.45, 2.75) is 76.5 Å². The Bertz CT molecular complexity index is 759. The van der Waals surface area contributed by atoms with Crippen molar-refractivity contribution in [2.75, 3.05) is 20.3 Å². The van der Waals surface area contributed by atoms with Crippen LogP contribution < -0.4 is 10.1 Å². The minimum absolute atomic E-state index is 0.0166. The average Bonchev–Trinajstić information content (AvgIpc) is 3.26. The summed E-state index contributed by atoms with van der Waals surface area (Å²) in [7, 11) is 1.66. The molecule has 0 aromatic heterocycles. The van der Waals surface area contributed by atoms with Gasteiger partial charge in [0.25, 0.3) is 0 Å². The molecule has 2 unspecified atom stereocenters. The highest BCUT2D eigenvalue weighted by molar-refractivity contribution is 5.29. The number of aliphatic hydroxyl groups is 1. The van der Waals surface area contributed by atoms with Crippen LogP contribution in [0, 0.1) is 0 Å². The van der Waals surface area contributed by atoms with Gasteiger partial charge in [-0.15, -0.1) is 0 Å². The van der Waals surface area contributed by atoms with Gasteiger partial charge in [0.1, 0.15) is 17.6 Å². The molecule has 3 rings (SSSR count). The number of aryl methyl sites for hydroxylation is 2. The van der Waals surface area contributed by atoms with Crippen LogP contribution >= 0.6 is 0 Å². The molecule has 2 N–H and O–H groups in total. The largest absolute Gasteiger partial charge is 0.497 e. The van der Waals surface area contributed by atoms with Gasteiger partial charge in [-0.1, -0.05) is 75.4 Å². The molecule has 1 aliphatic heterocycles. The summed E-state index contributed by atoms with van der Waals surface area (Å²) in [5.74, 6) is 0.829. The van der Waals surface area contributed by atoms with Crippen LogP contribution in [0.5, 0.6) is 5.75 Å². The smallest absolute Gasteiger partial charge is 0.135 e. The molecule has 0 bridgehead atoms. The number of methoxy groups -OCH3 is 1. The van der Waals surface area contributed by atoms with Gasteiger partial charge in [-0.3, -0.25) is 5.32 Å². The van der Waals surface area contributed by atoms with Crippen LogP contribution in [0.1, 0.15) is 74.8 Å². The predicted molar refractivity (Wildman–Crippen MR) is 126 cm³/mol. The SMILES string of the molecule is CCCCCCCCc1ccc(CCC2(CO)CNC(c3ccc(OC)cc3)O2)cc1. The lowest BCUT2D eigenvalue weighted by atomic mass is 9.95. The van der Waals surface area contributed by atoms with Gasteiger partial charge in [-0.2, -0.15) is 0 Å². The number of hydrogen-bond acceptors (Lipinski definition) is 4. The van der Waals surface area contributed by atoms with Crippen LogP contribution in [0.3, 0.4) is 0 Å². The number of nitrogens with one attached hydrogen (secondary N) is 1. The van der Waals surface area contributed by atoms with Crippen LogP contribution in [-0.2, 0) is 17.6 Å². The lowest BCUT2D eigenvalue weighted by molar-refractivity contribution is -0.0755. The van der Waals surface area contributed by atoms with E-state index in [0.29, 0.717) is 6.54 Å². The second-order valence-electron chi connectivity index (χ2n) is 8.83. The summed E-state index contributed by atoms with van der Waals surface area (Å²) >= 11 is 0. The van der Waals surface area contributed by atoms with Crippen molar-refractivity contribution in [3.8, 4) is 5.75 Å². The number of ether oxygens (including phenoxy) is 2. The van der Waals surface area contributed by atoms with Crippen LogP contribution in [-0.4, -0.2) is 31.0 Å². The molecular weight excluding hydrogens is 386 g/mol. The molecule has 1 aliphatic rings. The zero-order valence-corrected chi connectivity index (χ0v) is 19.2. The van der Waals surface area contributed by atoms with Gasteiger partial charge in [0.15, 0.2) is 0 Å². The van der Waals surface area contributed by atoms with Gasteiger partial charge in [0, 0.05) is 6.54 Å². The lowest BCUT2D eigenvalue weighted by Crippen LogP contribution is -2.38. The zero-order chi connectivity index (χ0) is 21.9. The first-order valence-corrected chi connectivity index (χ1v) is 11.9. The fourth-order valence-electron chi connectivity index (χ4n) is 4.25. The summed E-state index contributed by atoms with van der Waals surface area (Å²) in [5.41, 5.74) is 3.24. The normalized spacial score (nSPS) is 20.8. The van der Waals surface area contributed by atoms with E-state index in [1.807, 2.05) is 24.3 Å². The van der Waals surface area contributed by atoms with E-state index in [1.54, 1.807) is 7.11 Å². The van der Waals surface area contributed by atoms with E-state index in [2.05, 4.69) is 36.5 Å². The molecule has 2 aromatic rings. The van der Waals surface area contributed by atoms with Crippen LogP contribution in [0.2, 0.25) is 0 Å². The first kappa shape index (κ1) is 23.8. The number of rotatable bonds is 13. The maximum absolute atomic E-state index is 10.1. The van der Waals surface area contributed by atoms with Crippen molar-refractivity contribution in [3.63, 3.8) is 0 Å². The Kier molecular flexibility index (Phi) is 9.38. The summed E-state index contributed by atoms with van der Waals surface area (Å²) < 4.78 is 11.5. The minimum Gasteiger partial charge on any atom is -0.497 e. The highest BCUT2D eigenvalue weighted by atomic mass is 16.5. The Labute approximate surface area is 188 Å². The molecule has 1 heterocycles. The maximum atomic E-state index is 10.1. The van der Waals surface area contributed by atoms with E-state index in [1.165, 1.54) is 56.1 Å². The third-order valence-corrected chi connectivity index (χ3v) is 6.40. The lowest BCUT2D eigenvalue weighted by Gasteiger charge is -2.26. The summed E-state index contributed by atoms with van der Waals surface area (Å²) in [6, 6.07) is 16.9. The van der Waals surface area contributed by atoms with Crippen LogP contribution in [0.15, 0.2) is 48.5 Å². The van der Waals surface area contributed by atoms with E-state index in [4.69, 9.17) is 9.47 Å². The summed E-state index contributed by atoms with van der Waals surface area (Å²) in [6.07, 6.45) is 10.7. The van der Waals surface area contributed by atoms with Gasteiger partial charge in [0.05, 0.1) is 13.7 Å². The molecule has 1 saturated heterocycles. The van der Waals surface area contributed by atoms with Crippen LogP contribution in [0.4, 0.5) is 0 Å². The third kappa shape index (κ3) is 7.06. The maximum Gasteiger partial charge on any atom is 0.135 e. The van der Waals surface area contributed by atoms with Gasteiger partial charge >= 0.3 is 0 Å². The van der Waals surface area contributed by atoms with Crippen LogP contribution in [0.25, 0.3) is 0 Å². The molecule has 0 saturated carbocycles. The molecule has 4 nitrogen and oxygen atoms in total. The minimum atomic E-state index is -0.540. The zero-order valence-electron chi connectivity index (χ0n) is 19.2. The van der Waals surface area contributed by atoms with Crippen molar-refractivity contribution in [1.29, 1.82) is 0 Å². The molecule has 170 valence electrons. The molecule has 2 aromatic carbocycles. The number of aliphatic hydroxyl groups excluding tert-OH is 1. The van der Waals surface area contributed by atoms with E-state index >= 15 is 0 Å². The molecule has 0 radical (unpaired) electrons. The fourth-order valence-corrected chi connectivity index (χ4v) is 4.25. The Morgan fingerprint density at radius 2 is 1.58 bits per heavy atom. The standard InChI is InChI=1S/C27H39NO3/c1-3-4-5-6-7-8-9-22-10-12-23(13-11-22)18-19-27(21-29)20-28-26(31-27)24-14-16-25(30-2)17-15-24/h10-17,26,28-29H,3-9,18-21H2,1-2H3. The molecule has 0 spiro atoms. The Hall–Kier alpha value is -1.88. The second-order valence-corrected chi connectivity index (χ2v) is 8.83. The molecule has 4 heteroatoms. The first-order chi connectivity index (χ1) is 15.2. The number of unbranched alkanes of at least 4 members (excludes halogenated alkanes) is 5. The highest BCUT2D eigenvalue weighted by Gasteiger charge is 2.39. The van der Waals surface area contributed by atoms with Gasteiger partial charge < -0.3 is 14.6 Å². The quantitative estimate of drug-likeness (QED) is 0.411. The van der Waals surface area contributed by atoms with E-state index in [-0.39, 0.29) is 12.8 Å². The average molecular weight is 426 g/mol. The van der Waals surface area contributed by atoms with Crippen molar-refractivity contribution in [1.82, 2.24) is 5.32 Å². The van der Waals surface area contributed by atoms with Gasteiger partial charge in [-0.05, 0) is 54.5 Å². The number of benzene rings is 2. The summed E-state index contributed by atoms with van der Waals surface area (Å²) in [5, 5.41) is 13.5. The monoisotopic (exact) mass is 425 g/mol. The topological polar surface area (TPSA) is 50.7 Å². The van der Waals surface area contributed by atoms with Crippen molar-refractivity contribution >= 4 is 0 Å². The first-order valence-electron chi connectivity index (χ1n) is 11.9. The summed E-state index contributed by atoms with van der Waals surface area (Å²) in [4.78, 5) is 0. The number of hydrogen-bond donors (Lipinski definition) is 2. The van der Waals surface area contributed by atoms with E-state index < -0.39 is 5.60 Å². The van der Waals surface area contributed by atoms with Crippen molar-refractivity contribution in [2.24, 2.45) is 0 Å². The Morgan fingerprint density at radius 3 is 2.23 bits per heavy atom. The molecule has 1 fully saturated rings. The van der Waals surface area contributed by atoms with Crippen molar-refractivity contribution < 1.29 is 14.6 Å². The molecule has 0 aliphatic carbocycles. The Balaban J connectivity index is 1.45.